The Bertz CT molecular complexity index is 243. The predicted molar refractivity (Wildman–Crippen MR) is 51.2 cm³/mol. The summed E-state index contributed by atoms with van der Waals surface area (Å²) in [5.41, 5.74) is 0. The van der Waals surface area contributed by atoms with Gasteiger partial charge in [-0.25, -0.2) is 4.79 Å². The predicted octanol–water partition coefficient (Wildman–Crippen LogP) is 3.06. The first kappa shape index (κ1) is 10.1. The zero-order chi connectivity index (χ0) is 9.52. The summed E-state index contributed by atoms with van der Waals surface area (Å²) in [6, 6.07) is 1.73. The van der Waals surface area contributed by atoms with Crippen molar-refractivity contribution in [3.63, 3.8) is 0 Å². The first-order valence-corrected chi connectivity index (χ1v) is 5.14. The topological polar surface area (TPSA) is 35.5 Å². The molecule has 0 aliphatic heterocycles. The molecule has 0 fully saturated rings. The number of ether oxygens (including phenoxy) is 2. The molecule has 1 aromatic heterocycles. The SMILES string of the molecule is CCCCOC(=O)Oc1ccsc1. The van der Waals surface area contributed by atoms with Gasteiger partial charge in [-0.05, 0) is 17.9 Å². The molecular weight excluding hydrogens is 188 g/mol. The normalized spacial score (nSPS) is 9.62. The van der Waals surface area contributed by atoms with E-state index in [4.69, 9.17) is 9.47 Å². The monoisotopic (exact) mass is 200 g/mol. The second-order valence-corrected chi connectivity index (χ2v) is 3.29. The van der Waals surface area contributed by atoms with Crippen molar-refractivity contribution < 1.29 is 14.3 Å². The lowest BCUT2D eigenvalue weighted by Crippen LogP contribution is -2.10. The highest BCUT2D eigenvalue weighted by molar-refractivity contribution is 7.08. The Balaban J connectivity index is 2.18. The van der Waals surface area contributed by atoms with Gasteiger partial charge in [0.1, 0.15) is 5.75 Å². The molecular formula is C9H12O3S. The van der Waals surface area contributed by atoms with Crippen molar-refractivity contribution in [3.8, 4) is 5.75 Å². The molecule has 1 rings (SSSR count). The molecule has 4 heteroatoms. The van der Waals surface area contributed by atoms with Gasteiger partial charge >= 0.3 is 6.16 Å². The average Bonchev–Trinajstić information content (AvgIpc) is 2.57. The van der Waals surface area contributed by atoms with Gasteiger partial charge in [-0.2, -0.15) is 0 Å². The third kappa shape index (κ3) is 3.94. The lowest BCUT2D eigenvalue weighted by atomic mass is 10.4. The van der Waals surface area contributed by atoms with Gasteiger partial charge in [0.05, 0.1) is 6.61 Å². The van der Waals surface area contributed by atoms with Crippen LogP contribution in [0, 0.1) is 0 Å². The molecule has 0 amide bonds. The van der Waals surface area contributed by atoms with E-state index in [1.807, 2.05) is 12.3 Å². The molecule has 0 aromatic carbocycles. The third-order valence-electron chi connectivity index (χ3n) is 1.41. The molecule has 1 aromatic rings. The highest BCUT2D eigenvalue weighted by Gasteiger charge is 2.04. The minimum atomic E-state index is -0.619. The lowest BCUT2D eigenvalue weighted by molar-refractivity contribution is 0.0980. The quantitative estimate of drug-likeness (QED) is 0.553. The van der Waals surface area contributed by atoms with Crippen LogP contribution in [0.4, 0.5) is 4.79 Å². The molecule has 0 saturated carbocycles. The molecule has 0 atom stereocenters. The number of hydrogen-bond acceptors (Lipinski definition) is 4. The summed E-state index contributed by atoms with van der Waals surface area (Å²) in [5, 5.41) is 3.59. The van der Waals surface area contributed by atoms with Gasteiger partial charge < -0.3 is 9.47 Å². The Morgan fingerprint density at radius 3 is 3.08 bits per heavy atom. The third-order valence-corrected chi connectivity index (χ3v) is 2.08. The Kier molecular flexibility index (Phi) is 4.32. The van der Waals surface area contributed by atoms with E-state index in [9.17, 15) is 4.79 Å². The Morgan fingerprint density at radius 1 is 1.62 bits per heavy atom. The molecule has 3 nitrogen and oxygen atoms in total. The van der Waals surface area contributed by atoms with Gasteiger partial charge in [0.25, 0.3) is 0 Å². The van der Waals surface area contributed by atoms with Gasteiger partial charge in [-0.3, -0.25) is 0 Å². The zero-order valence-electron chi connectivity index (χ0n) is 7.49. The van der Waals surface area contributed by atoms with Gasteiger partial charge in [0, 0.05) is 5.38 Å². The summed E-state index contributed by atoms with van der Waals surface area (Å²) in [5.74, 6) is 0.548. The number of carbonyl (C=O) groups is 1. The van der Waals surface area contributed by atoms with E-state index in [0.717, 1.165) is 12.8 Å². The number of rotatable bonds is 4. The van der Waals surface area contributed by atoms with Crippen molar-refractivity contribution in [2.24, 2.45) is 0 Å². The minimum absolute atomic E-state index is 0.430. The molecule has 0 saturated heterocycles. The van der Waals surface area contributed by atoms with Crippen LogP contribution in [-0.2, 0) is 4.74 Å². The molecule has 0 bridgehead atoms. The van der Waals surface area contributed by atoms with Crippen LogP contribution < -0.4 is 4.74 Å². The fourth-order valence-electron chi connectivity index (χ4n) is 0.736. The van der Waals surface area contributed by atoms with Crippen LogP contribution in [0.1, 0.15) is 19.8 Å². The van der Waals surface area contributed by atoms with Crippen LogP contribution in [0.3, 0.4) is 0 Å². The molecule has 0 N–H and O–H groups in total. The first-order chi connectivity index (χ1) is 6.33. The van der Waals surface area contributed by atoms with Crippen LogP contribution >= 0.6 is 11.3 Å². The molecule has 1 heterocycles. The van der Waals surface area contributed by atoms with Gasteiger partial charge in [-0.1, -0.05) is 13.3 Å². The molecule has 0 spiro atoms. The average molecular weight is 200 g/mol. The highest BCUT2D eigenvalue weighted by Crippen LogP contribution is 2.15. The molecule has 0 radical (unpaired) electrons. The molecule has 0 aliphatic rings. The second kappa shape index (κ2) is 5.59. The summed E-state index contributed by atoms with van der Waals surface area (Å²) in [7, 11) is 0. The number of thiophene rings is 1. The Hall–Kier alpha value is -1.03. The largest absolute Gasteiger partial charge is 0.513 e. The van der Waals surface area contributed by atoms with E-state index in [1.165, 1.54) is 11.3 Å². The summed E-state index contributed by atoms with van der Waals surface area (Å²) >= 11 is 1.48. The van der Waals surface area contributed by atoms with Gasteiger partial charge in [0.2, 0.25) is 0 Å². The Morgan fingerprint density at radius 2 is 2.46 bits per heavy atom. The van der Waals surface area contributed by atoms with E-state index >= 15 is 0 Å². The fourth-order valence-corrected chi connectivity index (χ4v) is 1.29. The molecule has 13 heavy (non-hydrogen) atoms. The maximum atomic E-state index is 10.9. The van der Waals surface area contributed by atoms with E-state index < -0.39 is 6.16 Å². The van der Waals surface area contributed by atoms with Crippen molar-refractivity contribution in [1.82, 2.24) is 0 Å². The summed E-state index contributed by atoms with van der Waals surface area (Å²) in [6.45, 7) is 2.47. The standard InChI is InChI=1S/C9H12O3S/c1-2-3-5-11-9(10)12-8-4-6-13-7-8/h4,6-7H,2-3,5H2,1H3. The minimum Gasteiger partial charge on any atom is -0.434 e. The van der Waals surface area contributed by atoms with E-state index in [2.05, 4.69) is 0 Å². The molecule has 0 aliphatic carbocycles. The number of carbonyl (C=O) groups excluding carboxylic acids is 1. The summed E-state index contributed by atoms with van der Waals surface area (Å²) < 4.78 is 9.65. The number of hydrogen-bond donors (Lipinski definition) is 0. The smallest absolute Gasteiger partial charge is 0.434 e. The zero-order valence-corrected chi connectivity index (χ0v) is 8.30. The molecule has 0 unspecified atom stereocenters. The summed E-state index contributed by atoms with van der Waals surface area (Å²) in [6.07, 6.45) is 1.26. The van der Waals surface area contributed by atoms with Gasteiger partial charge in [0.15, 0.2) is 0 Å². The van der Waals surface area contributed by atoms with Crippen LogP contribution in [-0.4, -0.2) is 12.8 Å². The fraction of sp³-hybridized carbons (Fsp3) is 0.444. The molecule has 72 valence electrons. The van der Waals surface area contributed by atoms with Crippen LogP contribution in [0.5, 0.6) is 5.75 Å². The van der Waals surface area contributed by atoms with Crippen molar-refractivity contribution in [2.45, 2.75) is 19.8 Å². The van der Waals surface area contributed by atoms with Crippen molar-refractivity contribution in [2.75, 3.05) is 6.61 Å². The lowest BCUT2D eigenvalue weighted by Gasteiger charge is -2.02. The highest BCUT2D eigenvalue weighted by atomic mass is 32.1. The van der Waals surface area contributed by atoms with E-state index in [-0.39, 0.29) is 0 Å². The van der Waals surface area contributed by atoms with Crippen LogP contribution in [0.25, 0.3) is 0 Å². The van der Waals surface area contributed by atoms with Crippen molar-refractivity contribution in [3.05, 3.63) is 16.8 Å². The van der Waals surface area contributed by atoms with Crippen LogP contribution in [0.15, 0.2) is 16.8 Å². The Labute approximate surface area is 81.3 Å². The maximum Gasteiger partial charge on any atom is 0.513 e. The van der Waals surface area contributed by atoms with Crippen molar-refractivity contribution >= 4 is 17.5 Å². The van der Waals surface area contributed by atoms with Crippen LogP contribution in [0.2, 0.25) is 0 Å². The summed E-state index contributed by atoms with van der Waals surface area (Å²) in [4.78, 5) is 10.9. The van der Waals surface area contributed by atoms with Crippen molar-refractivity contribution in [1.29, 1.82) is 0 Å². The number of unbranched alkanes of at least 4 members (excludes halogenated alkanes) is 1. The van der Waals surface area contributed by atoms with Gasteiger partial charge in [-0.15, -0.1) is 11.3 Å². The maximum absolute atomic E-state index is 10.9. The first-order valence-electron chi connectivity index (χ1n) is 4.19. The van der Waals surface area contributed by atoms with E-state index in [0.29, 0.717) is 12.4 Å². The van der Waals surface area contributed by atoms with E-state index in [1.54, 1.807) is 11.4 Å². The second-order valence-electron chi connectivity index (χ2n) is 2.51.